The van der Waals surface area contributed by atoms with E-state index in [4.69, 9.17) is 23.2 Å². The lowest BCUT2D eigenvalue weighted by Crippen LogP contribution is -2.52. The quantitative estimate of drug-likeness (QED) is 0.522. The molecule has 0 bridgehead atoms. The molecule has 0 saturated carbocycles. The third kappa shape index (κ3) is 5.79. The summed E-state index contributed by atoms with van der Waals surface area (Å²) in [6, 6.07) is 9.65. The molecule has 0 saturated heterocycles. The molecule has 0 fully saturated rings. The van der Waals surface area contributed by atoms with E-state index in [1.165, 1.54) is 29.2 Å². The number of fused-ring (bicyclic) bond motifs is 1. The van der Waals surface area contributed by atoms with Crippen molar-refractivity contribution in [1.29, 1.82) is 0 Å². The Labute approximate surface area is 215 Å². The standard InChI is InChI=1S/C24H27Cl2N3O5S/c1-4-20(23(31)27-12-15(2)3)28(13-16-9-10-17(25)11-19(16)26)22(30)14-29-24(32)18-7-5-6-8-21(18)35(29,33)34/h5-11,15,20H,4,12-14H2,1-3H3,(H,27,31)/t20-/m0/s1. The van der Waals surface area contributed by atoms with E-state index >= 15 is 0 Å². The van der Waals surface area contributed by atoms with Crippen LogP contribution in [0.4, 0.5) is 0 Å². The molecule has 188 valence electrons. The summed E-state index contributed by atoms with van der Waals surface area (Å²) < 4.78 is 26.5. The maximum atomic E-state index is 13.5. The molecule has 2 aromatic rings. The van der Waals surface area contributed by atoms with Crippen molar-refractivity contribution in [2.24, 2.45) is 5.92 Å². The zero-order chi connectivity index (χ0) is 25.9. The van der Waals surface area contributed by atoms with Gasteiger partial charge in [0.15, 0.2) is 0 Å². The number of amides is 3. The summed E-state index contributed by atoms with van der Waals surface area (Å²) in [5.41, 5.74) is 0.535. The van der Waals surface area contributed by atoms with Gasteiger partial charge in [-0.3, -0.25) is 14.4 Å². The smallest absolute Gasteiger partial charge is 0.269 e. The van der Waals surface area contributed by atoms with Crippen LogP contribution in [0, 0.1) is 5.92 Å². The number of nitrogens with zero attached hydrogens (tertiary/aromatic N) is 2. The molecular formula is C24H27Cl2N3O5S. The highest BCUT2D eigenvalue weighted by molar-refractivity contribution is 7.90. The lowest BCUT2D eigenvalue weighted by molar-refractivity contribution is -0.141. The van der Waals surface area contributed by atoms with Gasteiger partial charge in [-0.2, -0.15) is 0 Å². The summed E-state index contributed by atoms with van der Waals surface area (Å²) in [6.07, 6.45) is 0.266. The highest BCUT2D eigenvalue weighted by Gasteiger charge is 2.43. The van der Waals surface area contributed by atoms with Gasteiger partial charge in [0.25, 0.3) is 15.9 Å². The molecule has 0 aliphatic carbocycles. The van der Waals surface area contributed by atoms with Crippen molar-refractivity contribution < 1.29 is 22.8 Å². The molecule has 0 spiro atoms. The summed E-state index contributed by atoms with van der Waals surface area (Å²) in [5, 5.41) is 3.53. The molecule has 0 unspecified atom stereocenters. The first-order valence-electron chi connectivity index (χ1n) is 11.1. The zero-order valence-corrected chi connectivity index (χ0v) is 22.0. The summed E-state index contributed by atoms with van der Waals surface area (Å²) in [7, 11) is -4.19. The number of halogens is 2. The molecule has 1 aliphatic heterocycles. The van der Waals surface area contributed by atoms with Gasteiger partial charge in [0, 0.05) is 23.1 Å². The van der Waals surface area contributed by atoms with Crippen molar-refractivity contribution in [3.05, 3.63) is 63.6 Å². The lowest BCUT2D eigenvalue weighted by Gasteiger charge is -2.32. The Morgan fingerprint density at radius 1 is 1.11 bits per heavy atom. The van der Waals surface area contributed by atoms with Crippen molar-refractivity contribution in [2.45, 2.75) is 44.7 Å². The van der Waals surface area contributed by atoms with E-state index in [9.17, 15) is 22.8 Å². The topological polar surface area (TPSA) is 104 Å². The van der Waals surface area contributed by atoms with Crippen LogP contribution in [0.3, 0.4) is 0 Å². The molecule has 35 heavy (non-hydrogen) atoms. The number of nitrogens with one attached hydrogen (secondary N) is 1. The molecule has 0 aromatic heterocycles. The second-order valence-electron chi connectivity index (χ2n) is 8.63. The summed E-state index contributed by atoms with van der Waals surface area (Å²) in [5.74, 6) is -1.67. The van der Waals surface area contributed by atoms with Crippen LogP contribution < -0.4 is 5.32 Å². The van der Waals surface area contributed by atoms with E-state index in [0.29, 0.717) is 26.5 Å². The average Bonchev–Trinajstić information content (AvgIpc) is 2.99. The number of rotatable bonds is 9. The zero-order valence-electron chi connectivity index (χ0n) is 19.6. The Balaban J connectivity index is 1.94. The maximum Gasteiger partial charge on any atom is 0.269 e. The number of carbonyl (C=O) groups is 3. The predicted molar refractivity (Wildman–Crippen MR) is 134 cm³/mol. The molecule has 11 heteroatoms. The Morgan fingerprint density at radius 2 is 1.80 bits per heavy atom. The van der Waals surface area contributed by atoms with Crippen molar-refractivity contribution >= 4 is 50.9 Å². The summed E-state index contributed by atoms with van der Waals surface area (Å²) >= 11 is 12.3. The Morgan fingerprint density at radius 3 is 2.40 bits per heavy atom. The van der Waals surface area contributed by atoms with Gasteiger partial charge >= 0.3 is 0 Å². The van der Waals surface area contributed by atoms with Crippen LogP contribution in [0.2, 0.25) is 10.0 Å². The Hall–Kier alpha value is -2.62. The van der Waals surface area contributed by atoms with Gasteiger partial charge in [-0.15, -0.1) is 0 Å². The van der Waals surface area contributed by atoms with E-state index in [-0.39, 0.29) is 35.2 Å². The van der Waals surface area contributed by atoms with Gasteiger partial charge in [-0.05, 0) is 42.2 Å². The van der Waals surface area contributed by atoms with Crippen LogP contribution in [-0.2, 0) is 26.2 Å². The molecule has 0 radical (unpaired) electrons. The predicted octanol–water partition coefficient (Wildman–Crippen LogP) is 3.72. The Bertz CT molecular complexity index is 1250. The second kappa shape index (κ2) is 11.0. The first-order valence-corrected chi connectivity index (χ1v) is 13.3. The molecule has 1 atom stereocenters. The normalized spacial score (nSPS) is 15.1. The number of hydrogen-bond acceptors (Lipinski definition) is 5. The third-order valence-corrected chi connectivity index (χ3v) is 7.99. The molecule has 3 rings (SSSR count). The van der Waals surface area contributed by atoms with Gasteiger partial charge in [-0.25, -0.2) is 12.7 Å². The van der Waals surface area contributed by atoms with Gasteiger partial charge in [0.2, 0.25) is 11.8 Å². The number of carbonyl (C=O) groups excluding carboxylic acids is 3. The Kier molecular flexibility index (Phi) is 8.46. The highest BCUT2D eigenvalue weighted by Crippen LogP contribution is 2.30. The van der Waals surface area contributed by atoms with Crippen molar-refractivity contribution in [2.75, 3.05) is 13.1 Å². The molecule has 3 amide bonds. The largest absolute Gasteiger partial charge is 0.354 e. The van der Waals surface area contributed by atoms with Gasteiger partial charge < -0.3 is 10.2 Å². The van der Waals surface area contributed by atoms with Crippen LogP contribution in [0.25, 0.3) is 0 Å². The SMILES string of the molecule is CC[C@@H](C(=O)NCC(C)C)N(Cc1ccc(Cl)cc1Cl)C(=O)CN1C(=O)c2ccccc2S1(=O)=O. The van der Waals surface area contributed by atoms with E-state index in [1.807, 2.05) is 13.8 Å². The van der Waals surface area contributed by atoms with Gasteiger partial charge in [-0.1, -0.05) is 62.2 Å². The van der Waals surface area contributed by atoms with Crippen molar-refractivity contribution in [3.63, 3.8) is 0 Å². The van der Waals surface area contributed by atoms with Crippen LogP contribution in [0.1, 0.15) is 43.1 Å². The first kappa shape index (κ1) is 27.0. The highest BCUT2D eigenvalue weighted by atomic mass is 35.5. The maximum absolute atomic E-state index is 13.5. The van der Waals surface area contributed by atoms with Gasteiger partial charge in [0.05, 0.1) is 5.56 Å². The van der Waals surface area contributed by atoms with E-state index < -0.39 is 34.4 Å². The van der Waals surface area contributed by atoms with Crippen LogP contribution >= 0.6 is 23.2 Å². The third-order valence-electron chi connectivity index (χ3n) is 5.62. The average molecular weight is 540 g/mol. The molecular weight excluding hydrogens is 513 g/mol. The fraction of sp³-hybridized carbons (Fsp3) is 0.375. The van der Waals surface area contributed by atoms with Gasteiger partial charge in [0.1, 0.15) is 17.5 Å². The van der Waals surface area contributed by atoms with Crippen LogP contribution in [0.15, 0.2) is 47.4 Å². The lowest BCUT2D eigenvalue weighted by atomic mass is 10.1. The molecule has 8 nitrogen and oxygen atoms in total. The monoisotopic (exact) mass is 539 g/mol. The fourth-order valence-electron chi connectivity index (χ4n) is 3.78. The van der Waals surface area contributed by atoms with E-state index in [2.05, 4.69) is 5.32 Å². The summed E-state index contributed by atoms with van der Waals surface area (Å²) in [6.45, 7) is 5.23. The fourth-order valence-corrected chi connectivity index (χ4v) is 5.76. The summed E-state index contributed by atoms with van der Waals surface area (Å²) in [4.78, 5) is 40.5. The second-order valence-corrected chi connectivity index (χ2v) is 11.3. The molecule has 1 aliphatic rings. The minimum atomic E-state index is -4.19. The van der Waals surface area contributed by atoms with Crippen molar-refractivity contribution in [1.82, 2.24) is 14.5 Å². The van der Waals surface area contributed by atoms with Crippen LogP contribution in [0.5, 0.6) is 0 Å². The molecule has 2 aromatic carbocycles. The minimum absolute atomic E-state index is 0.00862. The number of hydrogen-bond donors (Lipinski definition) is 1. The molecule has 1 N–H and O–H groups in total. The number of benzene rings is 2. The van der Waals surface area contributed by atoms with Crippen LogP contribution in [-0.4, -0.2) is 54.5 Å². The van der Waals surface area contributed by atoms with Crippen molar-refractivity contribution in [3.8, 4) is 0 Å². The van der Waals surface area contributed by atoms with E-state index in [0.717, 1.165) is 0 Å². The minimum Gasteiger partial charge on any atom is -0.354 e. The first-order chi connectivity index (χ1) is 16.5. The van der Waals surface area contributed by atoms with E-state index in [1.54, 1.807) is 25.1 Å². The number of sulfonamides is 1. The molecule has 1 heterocycles.